The van der Waals surface area contributed by atoms with Gasteiger partial charge in [-0.05, 0) is 0 Å². The smallest absolute Gasteiger partial charge is 0.311 e. The number of hydrogen-bond acceptors (Lipinski definition) is 3. The van der Waals surface area contributed by atoms with E-state index in [1.165, 1.54) is 13.2 Å². The van der Waals surface area contributed by atoms with Crippen LogP contribution in [0.15, 0.2) is 6.07 Å². The minimum Gasteiger partial charge on any atom is -0.495 e. The standard InChI is InChI=1S/C7H4Cl3NO3/c1-14-4-2-3(8)5(9)7(6(4)10)11(12)13/h2H,1H3. The fraction of sp³-hybridized carbons (Fsp3) is 0.143. The van der Waals surface area contributed by atoms with Gasteiger partial charge in [0.2, 0.25) is 0 Å². The van der Waals surface area contributed by atoms with Crippen molar-refractivity contribution >= 4 is 40.5 Å². The topological polar surface area (TPSA) is 52.4 Å². The zero-order valence-electron chi connectivity index (χ0n) is 6.88. The van der Waals surface area contributed by atoms with Gasteiger partial charge in [0.05, 0.1) is 17.1 Å². The average Bonchev–Trinajstić information content (AvgIpc) is 2.11. The van der Waals surface area contributed by atoms with E-state index in [2.05, 4.69) is 0 Å². The summed E-state index contributed by atoms with van der Waals surface area (Å²) in [4.78, 5) is 9.88. The molecule has 0 aliphatic carbocycles. The molecule has 14 heavy (non-hydrogen) atoms. The van der Waals surface area contributed by atoms with Crippen LogP contribution in [0.1, 0.15) is 0 Å². The third-order valence-corrected chi connectivity index (χ3v) is 2.64. The molecule has 1 rings (SSSR count). The molecular formula is C7H4Cl3NO3. The number of rotatable bonds is 2. The summed E-state index contributed by atoms with van der Waals surface area (Å²) in [6.45, 7) is 0. The van der Waals surface area contributed by atoms with Crippen molar-refractivity contribution in [2.45, 2.75) is 0 Å². The zero-order chi connectivity index (χ0) is 10.9. The van der Waals surface area contributed by atoms with Crippen molar-refractivity contribution in [3.8, 4) is 5.75 Å². The Hall–Kier alpha value is -0.710. The van der Waals surface area contributed by atoms with E-state index < -0.39 is 10.6 Å². The Kier molecular flexibility index (Phi) is 3.42. The lowest BCUT2D eigenvalue weighted by Gasteiger charge is -2.05. The maximum atomic E-state index is 10.6. The van der Waals surface area contributed by atoms with Crippen LogP contribution in [-0.2, 0) is 0 Å². The number of nitro groups is 1. The van der Waals surface area contributed by atoms with Crippen LogP contribution in [0.25, 0.3) is 0 Å². The van der Waals surface area contributed by atoms with Crippen LogP contribution in [0, 0.1) is 10.1 Å². The normalized spacial score (nSPS) is 10.0. The third kappa shape index (κ3) is 1.87. The highest BCUT2D eigenvalue weighted by Gasteiger charge is 2.24. The van der Waals surface area contributed by atoms with Gasteiger partial charge in [-0.25, -0.2) is 0 Å². The van der Waals surface area contributed by atoms with Crippen LogP contribution in [-0.4, -0.2) is 12.0 Å². The number of halogens is 3. The summed E-state index contributed by atoms with van der Waals surface area (Å²) in [5.41, 5.74) is -0.447. The monoisotopic (exact) mass is 255 g/mol. The van der Waals surface area contributed by atoms with Gasteiger partial charge in [0.1, 0.15) is 10.8 Å². The largest absolute Gasteiger partial charge is 0.495 e. The Morgan fingerprint density at radius 2 is 1.93 bits per heavy atom. The Bertz CT molecular complexity index is 394. The molecule has 0 radical (unpaired) electrons. The second-order valence-corrected chi connectivity index (χ2v) is 3.46. The Balaban J connectivity index is 3.53. The average molecular weight is 256 g/mol. The maximum Gasteiger partial charge on any atom is 0.311 e. The first-order valence-electron chi connectivity index (χ1n) is 3.35. The van der Waals surface area contributed by atoms with Gasteiger partial charge in [-0.2, -0.15) is 0 Å². The molecule has 0 spiro atoms. The van der Waals surface area contributed by atoms with Gasteiger partial charge >= 0.3 is 5.69 Å². The van der Waals surface area contributed by atoms with E-state index in [1.54, 1.807) is 0 Å². The van der Waals surface area contributed by atoms with Crippen LogP contribution in [0.5, 0.6) is 5.75 Å². The molecule has 0 amide bonds. The Morgan fingerprint density at radius 3 is 2.36 bits per heavy atom. The number of nitrogens with zero attached hydrogens (tertiary/aromatic N) is 1. The van der Waals surface area contributed by atoms with Crippen molar-refractivity contribution in [3.05, 3.63) is 31.2 Å². The van der Waals surface area contributed by atoms with Crippen molar-refractivity contribution in [2.24, 2.45) is 0 Å². The molecule has 4 nitrogen and oxygen atoms in total. The van der Waals surface area contributed by atoms with Crippen LogP contribution >= 0.6 is 34.8 Å². The summed E-state index contributed by atoms with van der Waals surface area (Å²) < 4.78 is 4.79. The second kappa shape index (κ2) is 4.21. The molecule has 0 atom stereocenters. The molecule has 0 saturated heterocycles. The summed E-state index contributed by atoms with van der Waals surface area (Å²) in [6.07, 6.45) is 0. The van der Waals surface area contributed by atoms with Gasteiger partial charge in [-0.3, -0.25) is 10.1 Å². The molecule has 0 saturated carbocycles. The quantitative estimate of drug-likeness (QED) is 0.462. The van der Waals surface area contributed by atoms with Crippen molar-refractivity contribution in [3.63, 3.8) is 0 Å². The molecule has 0 heterocycles. The zero-order valence-corrected chi connectivity index (χ0v) is 9.15. The molecule has 0 aromatic heterocycles. The second-order valence-electron chi connectivity index (χ2n) is 2.29. The van der Waals surface area contributed by atoms with Gasteiger partial charge in [0.15, 0.2) is 5.02 Å². The number of ether oxygens (including phenoxy) is 1. The summed E-state index contributed by atoms with van der Waals surface area (Å²) in [6, 6.07) is 1.32. The predicted octanol–water partition coefficient (Wildman–Crippen LogP) is 3.56. The first-order valence-corrected chi connectivity index (χ1v) is 4.48. The summed E-state index contributed by atoms with van der Waals surface area (Å²) in [5, 5.41) is 10.3. The summed E-state index contributed by atoms with van der Waals surface area (Å²) in [5.74, 6) is 0.118. The first-order chi connectivity index (χ1) is 6.49. The van der Waals surface area contributed by atoms with Gasteiger partial charge in [-0.1, -0.05) is 34.8 Å². The maximum absolute atomic E-state index is 10.6. The van der Waals surface area contributed by atoms with E-state index in [4.69, 9.17) is 39.5 Å². The molecule has 0 aliphatic rings. The van der Waals surface area contributed by atoms with E-state index >= 15 is 0 Å². The van der Waals surface area contributed by atoms with Crippen molar-refractivity contribution in [2.75, 3.05) is 7.11 Å². The minimum atomic E-state index is -0.709. The lowest BCUT2D eigenvalue weighted by Crippen LogP contribution is -1.94. The molecule has 76 valence electrons. The van der Waals surface area contributed by atoms with E-state index in [0.29, 0.717) is 0 Å². The third-order valence-electron chi connectivity index (χ3n) is 1.50. The fourth-order valence-corrected chi connectivity index (χ4v) is 1.63. The fourth-order valence-electron chi connectivity index (χ4n) is 0.877. The van der Waals surface area contributed by atoms with Crippen LogP contribution < -0.4 is 4.74 Å². The van der Waals surface area contributed by atoms with Gasteiger partial charge in [0.25, 0.3) is 0 Å². The number of hydrogen-bond donors (Lipinski definition) is 0. The van der Waals surface area contributed by atoms with E-state index in [-0.39, 0.29) is 20.8 Å². The lowest BCUT2D eigenvalue weighted by molar-refractivity contribution is -0.384. The molecule has 0 N–H and O–H groups in total. The van der Waals surface area contributed by atoms with E-state index in [0.717, 1.165) is 0 Å². The summed E-state index contributed by atoms with van der Waals surface area (Å²) in [7, 11) is 1.33. The predicted molar refractivity (Wildman–Crippen MR) is 54.7 cm³/mol. The number of nitro benzene ring substituents is 1. The van der Waals surface area contributed by atoms with Gasteiger partial charge in [0, 0.05) is 6.07 Å². The SMILES string of the molecule is COc1cc(Cl)c(Cl)c([N+](=O)[O-])c1Cl. The van der Waals surface area contributed by atoms with Crippen LogP contribution in [0.2, 0.25) is 15.1 Å². The van der Waals surface area contributed by atoms with E-state index in [1.807, 2.05) is 0 Å². The molecule has 7 heteroatoms. The van der Waals surface area contributed by atoms with Crippen molar-refractivity contribution < 1.29 is 9.66 Å². The highest BCUT2D eigenvalue weighted by molar-refractivity contribution is 6.46. The first kappa shape index (κ1) is 11.4. The van der Waals surface area contributed by atoms with E-state index in [9.17, 15) is 10.1 Å². The summed E-state index contributed by atoms with van der Waals surface area (Å²) >= 11 is 16.9. The lowest BCUT2D eigenvalue weighted by atomic mass is 10.3. The molecule has 0 bridgehead atoms. The number of benzene rings is 1. The van der Waals surface area contributed by atoms with Crippen molar-refractivity contribution in [1.82, 2.24) is 0 Å². The molecule has 1 aromatic carbocycles. The highest BCUT2D eigenvalue weighted by Crippen LogP contribution is 2.43. The molecule has 0 unspecified atom stereocenters. The number of methoxy groups -OCH3 is 1. The molecule has 1 aromatic rings. The minimum absolute atomic E-state index is 0.0274. The Morgan fingerprint density at radius 1 is 1.36 bits per heavy atom. The molecule has 0 aliphatic heterocycles. The van der Waals surface area contributed by atoms with Crippen molar-refractivity contribution in [1.29, 1.82) is 0 Å². The van der Waals surface area contributed by atoms with Crippen LogP contribution in [0.4, 0.5) is 5.69 Å². The van der Waals surface area contributed by atoms with Gasteiger partial charge in [-0.15, -0.1) is 0 Å². The highest BCUT2D eigenvalue weighted by atomic mass is 35.5. The Labute approximate surface area is 94.5 Å². The van der Waals surface area contributed by atoms with Crippen LogP contribution in [0.3, 0.4) is 0 Å². The molecular weight excluding hydrogens is 252 g/mol. The molecule has 0 fully saturated rings. The van der Waals surface area contributed by atoms with Gasteiger partial charge < -0.3 is 4.74 Å².